The van der Waals surface area contributed by atoms with Gasteiger partial charge in [0.2, 0.25) is 0 Å². The number of carbonyl (C=O) groups is 1. The highest BCUT2D eigenvalue weighted by molar-refractivity contribution is 7.90. The van der Waals surface area contributed by atoms with Gasteiger partial charge in [0.05, 0.1) is 23.3 Å². The first-order chi connectivity index (χ1) is 10.3. The zero-order valence-corrected chi connectivity index (χ0v) is 13.3. The van der Waals surface area contributed by atoms with E-state index < -0.39 is 15.8 Å². The molecule has 0 fully saturated rings. The number of hydrogen-bond acceptors (Lipinski definition) is 6. The van der Waals surface area contributed by atoms with Gasteiger partial charge in [-0.25, -0.2) is 18.2 Å². The van der Waals surface area contributed by atoms with Crippen LogP contribution in [0.1, 0.15) is 15.9 Å². The van der Waals surface area contributed by atoms with E-state index in [0.717, 1.165) is 6.26 Å². The topological polar surface area (TPSA) is 85.4 Å². The number of rotatable bonds is 4. The number of sulfone groups is 1. The molecule has 0 saturated heterocycles. The summed E-state index contributed by atoms with van der Waals surface area (Å²) in [5, 5.41) is 2.96. The molecule has 0 saturated carbocycles. The molecule has 0 bridgehead atoms. The van der Waals surface area contributed by atoms with Crippen LogP contribution in [0, 0.1) is 6.92 Å². The Labute approximate surface area is 129 Å². The van der Waals surface area contributed by atoms with Crippen LogP contribution in [-0.2, 0) is 14.6 Å². The molecule has 0 amide bonds. The van der Waals surface area contributed by atoms with Crippen molar-refractivity contribution >= 4 is 27.3 Å². The highest BCUT2D eigenvalue weighted by atomic mass is 32.2. The molecule has 0 aliphatic rings. The lowest BCUT2D eigenvalue weighted by Crippen LogP contribution is -2.10. The molecule has 0 aliphatic carbocycles. The summed E-state index contributed by atoms with van der Waals surface area (Å²) >= 11 is 0. The van der Waals surface area contributed by atoms with Crippen molar-refractivity contribution in [1.29, 1.82) is 0 Å². The summed E-state index contributed by atoms with van der Waals surface area (Å²) < 4.78 is 28.7. The van der Waals surface area contributed by atoms with Crippen molar-refractivity contribution in [2.45, 2.75) is 11.8 Å². The second-order valence-electron chi connectivity index (χ2n) is 4.77. The Kier molecular flexibility index (Phi) is 4.46. The second kappa shape index (κ2) is 6.15. The molecule has 7 heteroatoms. The predicted octanol–water partition coefficient (Wildman–Crippen LogP) is 2.32. The Morgan fingerprint density at radius 3 is 2.55 bits per heavy atom. The number of carbonyl (C=O) groups excluding carboxylic acids is 1. The van der Waals surface area contributed by atoms with Crippen LogP contribution >= 0.6 is 0 Å². The van der Waals surface area contributed by atoms with Crippen molar-refractivity contribution in [2.75, 3.05) is 18.7 Å². The molecule has 1 aromatic carbocycles. The van der Waals surface area contributed by atoms with Gasteiger partial charge < -0.3 is 10.1 Å². The van der Waals surface area contributed by atoms with Crippen LogP contribution in [0.2, 0.25) is 0 Å². The molecule has 0 radical (unpaired) electrons. The largest absolute Gasteiger partial charge is 0.465 e. The molecule has 1 heterocycles. The third kappa shape index (κ3) is 3.43. The van der Waals surface area contributed by atoms with Crippen LogP contribution in [0.25, 0.3) is 0 Å². The molecule has 0 unspecified atom stereocenters. The summed E-state index contributed by atoms with van der Waals surface area (Å²) in [5.74, 6) is -0.0654. The number of esters is 1. The van der Waals surface area contributed by atoms with Gasteiger partial charge in [0, 0.05) is 12.5 Å². The van der Waals surface area contributed by atoms with E-state index >= 15 is 0 Å². The maximum absolute atomic E-state index is 12.0. The zero-order chi connectivity index (χ0) is 16.3. The van der Waals surface area contributed by atoms with Crippen LogP contribution in [0.3, 0.4) is 0 Å². The third-order valence-corrected chi connectivity index (χ3v) is 4.20. The summed E-state index contributed by atoms with van der Waals surface area (Å²) in [6.07, 6.45) is 2.68. The molecule has 6 nitrogen and oxygen atoms in total. The first-order valence-corrected chi connectivity index (χ1v) is 8.33. The fraction of sp³-hybridized carbons (Fsp3) is 0.200. The van der Waals surface area contributed by atoms with Gasteiger partial charge >= 0.3 is 5.97 Å². The van der Waals surface area contributed by atoms with Crippen molar-refractivity contribution in [1.82, 2.24) is 4.98 Å². The van der Waals surface area contributed by atoms with E-state index in [-0.39, 0.29) is 10.5 Å². The maximum Gasteiger partial charge on any atom is 0.338 e. The minimum atomic E-state index is -3.53. The first-order valence-electron chi connectivity index (χ1n) is 6.44. The predicted molar refractivity (Wildman–Crippen MR) is 83.1 cm³/mol. The lowest BCUT2D eigenvalue weighted by atomic mass is 10.1. The quantitative estimate of drug-likeness (QED) is 0.870. The summed E-state index contributed by atoms with van der Waals surface area (Å²) in [5.41, 5.74) is 1.19. The van der Waals surface area contributed by atoms with E-state index in [1.54, 1.807) is 37.4 Å². The number of hydrogen-bond donors (Lipinski definition) is 1. The monoisotopic (exact) mass is 320 g/mol. The Balaban J connectivity index is 2.58. The maximum atomic E-state index is 12.0. The number of aryl methyl sites for hydroxylation is 1. The van der Waals surface area contributed by atoms with Crippen LogP contribution in [-0.4, -0.2) is 32.7 Å². The summed E-state index contributed by atoms with van der Waals surface area (Å²) in [6.45, 7) is 1.71. The average molecular weight is 320 g/mol. The summed E-state index contributed by atoms with van der Waals surface area (Å²) in [7, 11) is -2.28. The van der Waals surface area contributed by atoms with Gasteiger partial charge in [0.25, 0.3) is 0 Å². The van der Waals surface area contributed by atoms with Crippen LogP contribution in [0.15, 0.2) is 41.4 Å². The van der Waals surface area contributed by atoms with Crippen molar-refractivity contribution in [3.05, 3.63) is 47.7 Å². The highest BCUT2D eigenvalue weighted by Crippen LogP contribution is 2.28. The minimum Gasteiger partial charge on any atom is -0.465 e. The number of ether oxygens (including phenoxy) is 1. The minimum absolute atomic E-state index is 0.0177. The van der Waals surface area contributed by atoms with E-state index in [0.29, 0.717) is 17.1 Å². The van der Waals surface area contributed by atoms with Crippen molar-refractivity contribution < 1.29 is 17.9 Å². The van der Waals surface area contributed by atoms with Crippen molar-refractivity contribution in [3.8, 4) is 0 Å². The first kappa shape index (κ1) is 16.0. The molecule has 1 N–H and O–H groups in total. The highest BCUT2D eigenvalue weighted by Gasteiger charge is 2.20. The SMILES string of the molecule is COC(=O)c1cc(S(C)(=O)=O)c(Nc2ccccn2)cc1C. The summed E-state index contributed by atoms with van der Waals surface area (Å²) in [4.78, 5) is 15.9. The van der Waals surface area contributed by atoms with Gasteiger partial charge in [-0.15, -0.1) is 0 Å². The van der Waals surface area contributed by atoms with Crippen molar-refractivity contribution in [3.63, 3.8) is 0 Å². The van der Waals surface area contributed by atoms with Gasteiger partial charge in [-0.1, -0.05) is 6.07 Å². The van der Waals surface area contributed by atoms with Gasteiger partial charge in [0.1, 0.15) is 5.82 Å². The number of nitrogens with one attached hydrogen (secondary N) is 1. The number of pyridine rings is 1. The zero-order valence-electron chi connectivity index (χ0n) is 12.5. The Hall–Kier alpha value is -2.41. The van der Waals surface area contributed by atoms with E-state index in [9.17, 15) is 13.2 Å². The molecule has 0 aliphatic heterocycles. The van der Waals surface area contributed by atoms with E-state index in [1.165, 1.54) is 13.2 Å². The van der Waals surface area contributed by atoms with Gasteiger partial charge in [-0.2, -0.15) is 0 Å². The van der Waals surface area contributed by atoms with Crippen LogP contribution in [0.4, 0.5) is 11.5 Å². The Morgan fingerprint density at radius 2 is 2.00 bits per heavy atom. The van der Waals surface area contributed by atoms with Crippen molar-refractivity contribution in [2.24, 2.45) is 0 Å². The average Bonchev–Trinajstić information content (AvgIpc) is 2.46. The molecule has 0 spiro atoms. The number of methoxy groups -OCH3 is 1. The molecular formula is C15H16N2O4S. The van der Waals surface area contributed by atoms with Gasteiger partial charge in [0.15, 0.2) is 9.84 Å². The standard InChI is InChI=1S/C15H16N2O4S/c1-10-8-12(17-14-6-4-5-7-16-14)13(22(3,19)20)9-11(10)15(18)21-2/h4-9H,1-3H3,(H,16,17). The van der Waals surface area contributed by atoms with E-state index in [2.05, 4.69) is 15.0 Å². The molecule has 2 aromatic rings. The lowest BCUT2D eigenvalue weighted by Gasteiger charge is -2.14. The number of benzene rings is 1. The fourth-order valence-electron chi connectivity index (χ4n) is 2.00. The fourth-order valence-corrected chi connectivity index (χ4v) is 2.84. The molecular weight excluding hydrogens is 304 g/mol. The third-order valence-electron chi connectivity index (χ3n) is 3.06. The number of aromatic nitrogens is 1. The molecule has 22 heavy (non-hydrogen) atoms. The molecule has 1 aromatic heterocycles. The second-order valence-corrected chi connectivity index (χ2v) is 6.75. The van der Waals surface area contributed by atoms with Gasteiger partial charge in [-0.05, 0) is 36.8 Å². The van der Waals surface area contributed by atoms with Crippen LogP contribution in [0.5, 0.6) is 0 Å². The molecule has 0 atom stereocenters. The number of anilines is 2. The van der Waals surface area contributed by atoms with Crippen LogP contribution < -0.4 is 5.32 Å². The molecule has 116 valence electrons. The number of nitrogens with zero attached hydrogens (tertiary/aromatic N) is 1. The van der Waals surface area contributed by atoms with E-state index in [1.807, 2.05) is 0 Å². The summed E-state index contributed by atoms with van der Waals surface area (Å²) in [6, 6.07) is 8.17. The molecule has 2 rings (SSSR count). The van der Waals surface area contributed by atoms with E-state index in [4.69, 9.17) is 0 Å². The normalized spacial score (nSPS) is 11.0. The Morgan fingerprint density at radius 1 is 1.27 bits per heavy atom. The smallest absolute Gasteiger partial charge is 0.338 e. The van der Waals surface area contributed by atoms with Gasteiger partial charge in [-0.3, -0.25) is 0 Å². The lowest BCUT2D eigenvalue weighted by molar-refractivity contribution is 0.0599. The Bertz CT molecular complexity index is 802.